The molecule has 0 aliphatic rings. The number of fused-ring (bicyclic) bond motifs is 9. The lowest BCUT2D eigenvalue weighted by Crippen LogP contribution is -2.10. The lowest BCUT2D eigenvalue weighted by atomic mass is 9.95. The third kappa shape index (κ3) is 6.50. The van der Waals surface area contributed by atoms with E-state index in [1.165, 1.54) is 70.9 Å². The molecule has 0 fully saturated rings. The highest BCUT2D eigenvalue weighted by Crippen LogP contribution is 2.42. The Labute approximate surface area is 382 Å². The molecular weight excluding hydrogens is 799 g/mol. The van der Waals surface area contributed by atoms with Gasteiger partial charge in [0.1, 0.15) is 11.2 Å². The summed E-state index contributed by atoms with van der Waals surface area (Å²) in [6.07, 6.45) is 0. The zero-order chi connectivity index (χ0) is 43.6. The summed E-state index contributed by atoms with van der Waals surface area (Å²) >= 11 is 0. The van der Waals surface area contributed by atoms with Crippen molar-refractivity contribution in [3.63, 3.8) is 0 Å². The second kappa shape index (κ2) is 15.5. The Balaban J connectivity index is 0.902. The number of hydrogen-bond donors (Lipinski definition) is 0. The minimum Gasteiger partial charge on any atom is -0.456 e. The van der Waals surface area contributed by atoms with Crippen LogP contribution in [-0.2, 0) is 0 Å². The molecule has 12 aromatic carbocycles. The van der Waals surface area contributed by atoms with Crippen LogP contribution in [0.1, 0.15) is 0 Å². The number of benzene rings is 12. The topological polar surface area (TPSA) is 16.4 Å². The van der Waals surface area contributed by atoms with Gasteiger partial charge in [0.15, 0.2) is 0 Å². The molecule has 2 nitrogen and oxygen atoms in total. The van der Waals surface area contributed by atoms with Crippen molar-refractivity contribution in [1.29, 1.82) is 0 Å². The molecule has 0 amide bonds. The van der Waals surface area contributed by atoms with Gasteiger partial charge in [-0.1, -0.05) is 188 Å². The standard InChI is InChI=1S/C64H41NO/c1-3-16-56-45(10-1)26-28-47-30-32-50(40-60(47)56)43-24-22-42(23-25-43)49-12-7-14-54(38-49)65(55-15-8-13-52(39-55)58-19-9-21-63-64(58)59-18-5-6-20-62(59)66-63)53-36-34-44(35-37-53)51-33-31-48-29-27-46-11-2-4-17-57(46)61(48)41-51/h1-41H. The maximum Gasteiger partial charge on any atom is 0.136 e. The molecule has 308 valence electrons. The Morgan fingerprint density at radius 3 is 1.27 bits per heavy atom. The molecule has 0 bridgehead atoms. The van der Waals surface area contributed by atoms with E-state index in [0.717, 1.165) is 55.7 Å². The van der Waals surface area contributed by atoms with E-state index in [2.05, 4.69) is 241 Å². The van der Waals surface area contributed by atoms with Gasteiger partial charge in [0.25, 0.3) is 0 Å². The fourth-order valence-electron chi connectivity index (χ4n) is 10.1. The fourth-order valence-corrected chi connectivity index (χ4v) is 10.1. The Kier molecular flexibility index (Phi) is 8.89. The van der Waals surface area contributed by atoms with Gasteiger partial charge in [0.05, 0.1) is 0 Å². The zero-order valence-corrected chi connectivity index (χ0v) is 36.0. The second-order valence-corrected chi connectivity index (χ2v) is 17.3. The van der Waals surface area contributed by atoms with Gasteiger partial charge in [-0.2, -0.15) is 0 Å². The lowest BCUT2D eigenvalue weighted by molar-refractivity contribution is 0.669. The highest BCUT2D eigenvalue weighted by atomic mass is 16.3. The van der Waals surface area contributed by atoms with E-state index < -0.39 is 0 Å². The Morgan fingerprint density at radius 2 is 0.667 bits per heavy atom. The molecule has 1 heterocycles. The molecule has 13 aromatic rings. The zero-order valence-electron chi connectivity index (χ0n) is 36.0. The Bertz CT molecular complexity index is 3990. The predicted octanol–water partition coefficient (Wildman–Crippen LogP) is 18.3. The normalized spacial score (nSPS) is 11.6. The summed E-state index contributed by atoms with van der Waals surface area (Å²) in [6, 6.07) is 90.4. The van der Waals surface area contributed by atoms with Crippen molar-refractivity contribution in [3.8, 4) is 44.5 Å². The molecule has 1 aromatic heterocycles. The average molecular weight is 840 g/mol. The van der Waals surface area contributed by atoms with Gasteiger partial charge in [0.2, 0.25) is 0 Å². The first kappa shape index (κ1) is 37.8. The second-order valence-electron chi connectivity index (χ2n) is 17.3. The van der Waals surface area contributed by atoms with E-state index in [4.69, 9.17) is 4.42 Å². The number of para-hydroxylation sites is 1. The van der Waals surface area contributed by atoms with Crippen molar-refractivity contribution in [2.75, 3.05) is 4.90 Å². The third-order valence-corrected chi connectivity index (χ3v) is 13.4. The van der Waals surface area contributed by atoms with Crippen LogP contribution in [0.2, 0.25) is 0 Å². The largest absolute Gasteiger partial charge is 0.456 e. The number of anilines is 3. The summed E-state index contributed by atoms with van der Waals surface area (Å²) in [6.45, 7) is 0. The first-order valence-electron chi connectivity index (χ1n) is 22.6. The van der Waals surface area contributed by atoms with Crippen molar-refractivity contribution in [3.05, 3.63) is 249 Å². The maximum absolute atomic E-state index is 6.33. The van der Waals surface area contributed by atoms with Gasteiger partial charge in [-0.15, -0.1) is 0 Å². The minimum atomic E-state index is 0.890. The van der Waals surface area contributed by atoms with Crippen molar-refractivity contribution < 1.29 is 4.42 Å². The van der Waals surface area contributed by atoms with Crippen LogP contribution in [0.3, 0.4) is 0 Å². The van der Waals surface area contributed by atoms with Crippen LogP contribution in [0.15, 0.2) is 253 Å². The van der Waals surface area contributed by atoms with Crippen LogP contribution in [0.25, 0.3) is 110 Å². The third-order valence-electron chi connectivity index (χ3n) is 13.4. The molecule has 66 heavy (non-hydrogen) atoms. The van der Waals surface area contributed by atoms with Crippen molar-refractivity contribution in [1.82, 2.24) is 0 Å². The molecule has 0 aliphatic heterocycles. The van der Waals surface area contributed by atoms with Gasteiger partial charge in [-0.25, -0.2) is 0 Å². The number of hydrogen-bond acceptors (Lipinski definition) is 2. The molecule has 0 spiro atoms. The Hall–Kier alpha value is -8.72. The molecule has 0 N–H and O–H groups in total. The highest BCUT2D eigenvalue weighted by molar-refractivity contribution is 6.13. The van der Waals surface area contributed by atoms with Crippen molar-refractivity contribution in [2.45, 2.75) is 0 Å². The summed E-state index contributed by atoms with van der Waals surface area (Å²) in [5.74, 6) is 0. The molecule has 0 radical (unpaired) electrons. The predicted molar refractivity (Wildman–Crippen MR) is 280 cm³/mol. The molecular formula is C64H41NO. The van der Waals surface area contributed by atoms with Gasteiger partial charge < -0.3 is 9.32 Å². The molecule has 0 atom stereocenters. The van der Waals surface area contributed by atoms with Crippen LogP contribution in [0.4, 0.5) is 17.1 Å². The summed E-state index contributed by atoms with van der Waals surface area (Å²) in [7, 11) is 0. The first-order valence-corrected chi connectivity index (χ1v) is 22.6. The van der Waals surface area contributed by atoms with E-state index in [1.807, 2.05) is 12.1 Å². The van der Waals surface area contributed by atoms with Crippen molar-refractivity contribution in [2.24, 2.45) is 0 Å². The van der Waals surface area contributed by atoms with E-state index in [9.17, 15) is 0 Å². The van der Waals surface area contributed by atoms with Gasteiger partial charge in [-0.05, 0) is 148 Å². The molecule has 2 heteroatoms. The summed E-state index contributed by atoms with van der Waals surface area (Å²) in [5.41, 5.74) is 14.4. The number of rotatable bonds is 7. The van der Waals surface area contributed by atoms with Gasteiger partial charge in [0, 0.05) is 27.8 Å². The quantitative estimate of drug-likeness (QED) is 0.149. The lowest BCUT2D eigenvalue weighted by Gasteiger charge is -2.27. The van der Waals surface area contributed by atoms with E-state index in [-0.39, 0.29) is 0 Å². The van der Waals surface area contributed by atoms with Crippen LogP contribution in [0.5, 0.6) is 0 Å². The molecule has 0 unspecified atom stereocenters. The van der Waals surface area contributed by atoms with E-state index in [1.54, 1.807) is 0 Å². The van der Waals surface area contributed by atoms with E-state index in [0.29, 0.717) is 0 Å². The molecule has 0 saturated carbocycles. The fraction of sp³-hybridized carbons (Fsp3) is 0. The van der Waals surface area contributed by atoms with E-state index >= 15 is 0 Å². The van der Waals surface area contributed by atoms with Crippen LogP contribution in [-0.4, -0.2) is 0 Å². The van der Waals surface area contributed by atoms with Crippen LogP contribution in [0, 0.1) is 0 Å². The summed E-state index contributed by atoms with van der Waals surface area (Å²) in [5, 5.41) is 12.4. The number of nitrogens with zero attached hydrogens (tertiary/aromatic N) is 1. The van der Waals surface area contributed by atoms with Gasteiger partial charge in [-0.3, -0.25) is 0 Å². The van der Waals surface area contributed by atoms with Crippen LogP contribution >= 0.6 is 0 Å². The smallest absolute Gasteiger partial charge is 0.136 e. The minimum absolute atomic E-state index is 0.890. The SMILES string of the molecule is c1cc(-c2ccc(-c3ccc4ccc5ccccc5c4c3)cc2)cc(N(c2ccc(-c3ccc4ccc5ccccc5c4c3)cc2)c2cccc(-c3cccc4oc5ccccc5c34)c2)c1. The summed E-state index contributed by atoms with van der Waals surface area (Å²) < 4.78 is 6.33. The highest BCUT2D eigenvalue weighted by Gasteiger charge is 2.18. The van der Waals surface area contributed by atoms with Gasteiger partial charge >= 0.3 is 0 Å². The Morgan fingerprint density at radius 1 is 0.242 bits per heavy atom. The molecule has 0 saturated heterocycles. The van der Waals surface area contributed by atoms with Crippen molar-refractivity contribution >= 4 is 82.1 Å². The molecule has 0 aliphatic carbocycles. The first-order chi connectivity index (χ1) is 32.7. The summed E-state index contributed by atoms with van der Waals surface area (Å²) in [4.78, 5) is 2.38. The monoisotopic (exact) mass is 839 g/mol. The van der Waals surface area contributed by atoms with Crippen LogP contribution < -0.4 is 4.90 Å². The number of furan rings is 1. The molecule has 13 rings (SSSR count). The average Bonchev–Trinajstić information content (AvgIpc) is 3.78. The maximum atomic E-state index is 6.33.